The molecule has 1 amide bonds. The van der Waals surface area contributed by atoms with Crippen LogP contribution in [0.1, 0.15) is 55.1 Å². The predicted molar refractivity (Wildman–Crippen MR) is 100 cm³/mol. The van der Waals surface area contributed by atoms with Gasteiger partial charge >= 0.3 is 0 Å². The summed E-state index contributed by atoms with van der Waals surface area (Å²) < 4.78 is 7.25. The van der Waals surface area contributed by atoms with Crippen LogP contribution in [0, 0.1) is 18.3 Å². The molecule has 130 valence electrons. The topological polar surface area (TPSA) is 95.1 Å². The molecule has 2 saturated carbocycles. The highest BCUT2D eigenvalue weighted by molar-refractivity contribution is 14.1. The molecule has 2 fully saturated rings. The van der Waals surface area contributed by atoms with Gasteiger partial charge in [0.1, 0.15) is 23.4 Å². The zero-order valence-corrected chi connectivity index (χ0v) is 16.3. The number of amides is 1. The Morgan fingerprint density at radius 3 is 2.68 bits per heavy atom. The zero-order chi connectivity index (χ0) is 17.8. The van der Waals surface area contributed by atoms with Crippen LogP contribution in [-0.2, 0) is 0 Å². The first-order valence-corrected chi connectivity index (χ1v) is 9.29. The smallest absolute Gasteiger partial charge is 0.268 e. The number of hydrogen-bond acceptors (Lipinski definition) is 6. The van der Waals surface area contributed by atoms with Gasteiger partial charge in [-0.2, -0.15) is 5.26 Å². The Morgan fingerprint density at radius 1 is 1.40 bits per heavy atom. The summed E-state index contributed by atoms with van der Waals surface area (Å²) in [6.45, 7) is 3.88. The van der Waals surface area contributed by atoms with E-state index in [-0.39, 0.29) is 11.4 Å². The van der Waals surface area contributed by atoms with Crippen LogP contribution in [0.15, 0.2) is 10.7 Å². The number of fused-ring (bicyclic) bond motifs is 1. The van der Waals surface area contributed by atoms with Gasteiger partial charge in [-0.25, -0.2) is 9.97 Å². The normalized spacial score (nSPS) is 19.8. The van der Waals surface area contributed by atoms with Crippen molar-refractivity contribution in [3.8, 4) is 6.07 Å². The van der Waals surface area contributed by atoms with Crippen LogP contribution in [0.4, 0.5) is 5.82 Å². The lowest BCUT2D eigenvalue weighted by atomic mass is 9.78. The minimum Gasteiger partial charge on any atom is -0.442 e. The van der Waals surface area contributed by atoms with E-state index in [0.717, 1.165) is 19.3 Å². The van der Waals surface area contributed by atoms with Crippen LogP contribution in [0.3, 0.4) is 0 Å². The molecule has 0 aliphatic heterocycles. The second kappa shape index (κ2) is 5.56. The van der Waals surface area contributed by atoms with Gasteiger partial charge in [0.15, 0.2) is 0 Å². The summed E-state index contributed by atoms with van der Waals surface area (Å²) in [5.41, 5.74) is 0.128. The molecule has 0 spiro atoms. The second-order valence-electron chi connectivity index (χ2n) is 7.20. The maximum Gasteiger partial charge on any atom is 0.268 e. The molecule has 2 aromatic rings. The first-order chi connectivity index (χ1) is 11.9. The van der Waals surface area contributed by atoms with Crippen molar-refractivity contribution in [1.82, 2.24) is 13.1 Å². The molecule has 0 bridgehead atoms. The lowest BCUT2D eigenvalue weighted by Crippen LogP contribution is -2.50. The molecule has 1 N–H and O–H groups in total. The maximum absolute atomic E-state index is 13.2. The van der Waals surface area contributed by atoms with Crippen molar-refractivity contribution in [2.24, 2.45) is 0 Å². The Balaban J connectivity index is 1.80. The van der Waals surface area contributed by atoms with Gasteiger partial charge in [0, 0.05) is 5.54 Å². The fourth-order valence-electron chi connectivity index (χ4n) is 3.15. The van der Waals surface area contributed by atoms with Gasteiger partial charge in [0.05, 0.1) is 39.9 Å². The molecule has 2 aromatic heterocycles. The maximum atomic E-state index is 13.2. The Labute approximate surface area is 159 Å². The number of carbonyl (C=O) groups excluding carboxylic acids is 1. The lowest BCUT2D eigenvalue weighted by Gasteiger charge is -2.41. The number of anilines is 1. The van der Waals surface area contributed by atoms with Crippen molar-refractivity contribution in [1.29, 1.82) is 5.26 Å². The van der Waals surface area contributed by atoms with Crippen LogP contribution in [0.2, 0.25) is 0 Å². The number of nitrogens with one attached hydrogen (secondary N) is 1. The fraction of sp³-hybridized carbons (Fsp3) is 0.529. The van der Waals surface area contributed by atoms with Gasteiger partial charge in [-0.3, -0.25) is 7.91 Å². The summed E-state index contributed by atoms with van der Waals surface area (Å²) >= 11 is 1.96. The number of furan rings is 1. The number of aryl methyl sites for hydroxylation is 1. The monoisotopic (exact) mass is 451 g/mol. The molecule has 2 aliphatic carbocycles. The first kappa shape index (κ1) is 16.6. The molecule has 2 aliphatic rings. The number of nitriles is 1. The van der Waals surface area contributed by atoms with Crippen molar-refractivity contribution in [3.05, 3.63) is 17.7 Å². The molecule has 4 rings (SSSR count). The standard InChI is InChI=1S/C17H18IN5O2/c1-10-11(15(24)23(18)17(8-19)4-3-5-17)12-13(22-16(2)6-7-16)20-9-21-14(12)25-10/h9H,3-7H2,1-2H3,(H,20,21,22). The summed E-state index contributed by atoms with van der Waals surface area (Å²) in [7, 11) is 0. The van der Waals surface area contributed by atoms with Gasteiger partial charge in [-0.1, -0.05) is 0 Å². The van der Waals surface area contributed by atoms with Crippen LogP contribution >= 0.6 is 22.9 Å². The molecular formula is C17H18IN5O2. The van der Waals surface area contributed by atoms with Gasteiger partial charge in [-0.05, 0) is 46.0 Å². The number of rotatable bonds is 4. The third-order valence-electron chi connectivity index (χ3n) is 5.24. The van der Waals surface area contributed by atoms with Gasteiger partial charge in [0.25, 0.3) is 5.91 Å². The zero-order valence-electron chi connectivity index (χ0n) is 14.1. The summed E-state index contributed by atoms with van der Waals surface area (Å²) in [4.78, 5) is 21.7. The average Bonchev–Trinajstić information content (AvgIpc) is 3.15. The number of carbonyl (C=O) groups is 1. The second-order valence-corrected chi connectivity index (χ2v) is 8.17. The summed E-state index contributed by atoms with van der Waals surface area (Å²) in [6, 6.07) is 2.31. The Bertz CT molecular complexity index is 908. The number of hydrogen-bond donors (Lipinski definition) is 1. The number of aromatic nitrogens is 2. The third kappa shape index (κ3) is 2.56. The van der Waals surface area contributed by atoms with E-state index in [9.17, 15) is 10.1 Å². The molecule has 25 heavy (non-hydrogen) atoms. The largest absolute Gasteiger partial charge is 0.442 e. The highest BCUT2D eigenvalue weighted by Crippen LogP contribution is 2.43. The SMILES string of the molecule is Cc1oc2ncnc(NC3(C)CC3)c2c1C(=O)N(I)C1(C#N)CCC1. The van der Waals surface area contributed by atoms with Crippen molar-refractivity contribution in [2.75, 3.05) is 5.32 Å². The van der Waals surface area contributed by atoms with E-state index in [4.69, 9.17) is 4.42 Å². The Morgan fingerprint density at radius 2 is 2.12 bits per heavy atom. The minimum absolute atomic E-state index is 0.0125. The van der Waals surface area contributed by atoms with Gasteiger partial charge in [0.2, 0.25) is 5.71 Å². The molecule has 0 saturated heterocycles. The van der Waals surface area contributed by atoms with Crippen molar-refractivity contribution < 1.29 is 9.21 Å². The minimum atomic E-state index is -0.723. The summed E-state index contributed by atoms with van der Waals surface area (Å²) in [5.74, 6) is 0.894. The van der Waals surface area contributed by atoms with Crippen molar-refractivity contribution in [2.45, 2.75) is 57.0 Å². The molecule has 0 atom stereocenters. The van der Waals surface area contributed by atoms with Crippen molar-refractivity contribution >= 4 is 45.7 Å². The van der Waals surface area contributed by atoms with Crippen LogP contribution in [0.5, 0.6) is 0 Å². The predicted octanol–water partition coefficient (Wildman–Crippen LogP) is 3.73. The van der Waals surface area contributed by atoms with E-state index in [2.05, 4.69) is 28.3 Å². The number of halogens is 1. The van der Waals surface area contributed by atoms with E-state index in [0.29, 0.717) is 41.1 Å². The van der Waals surface area contributed by atoms with E-state index >= 15 is 0 Å². The van der Waals surface area contributed by atoms with Gasteiger partial charge in [-0.15, -0.1) is 0 Å². The van der Waals surface area contributed by atoms with Crippen LogP contribution in [0.25, 0.3) is 11.1 Å². The molecule has 0 aromatic carbocycles. The molecule has 0 radical (unpaired) electrons. The molecule has 2 heterocycles. The van der Waals surface area contributed by atoms with E-state index in [1.807, 2.05) is 22.9 Å². The molecule has 8 heteroatoms. The quantitative estimate of drug-likeness (QED) is 0.563. The first-order valence-electron chi connectivity index (χ1n) is 8.33. The summed E-state index contributed by atoms with van der Waals surface area (Å²) in [5, 5.41) is 13.6. The molecule has 7 nitrogen and oxygen atoms in total. The third-order valence-corrected chi connectivity index (χ3v) is 6.60. The highest BCUT2D eigenvalue weighted by Gasteiger charge is 2.46. The van der Waals surface area contributed by atoms with E-state index in [1.54, 1.807) is 6.92 Å². The lowest BCUT2D eigenvalue weighted by molar-refractivity contribution is 0.0738. The van der Waals surface area contributed by atoms with Crippen molar-refractivity contribution in [3.63, 3.8) is 0 Å². The summed E-state index contributed by atoms with van der Waals surface area (Å²) in [6.07, 6.45) is 5.93. The molecule has 0 unspecified atom stereocenters. The molecular weight excluding hydrogens is 433 g/mol. The Hall–Kier alpha value is -1.89. The van der Waals surface area contributed by atoms with Crippen LogP contribution in [-0.4, -0.2) is 30.1 Å². The van der Waals surface area contributed by atoms with Gasteiger partial charge < -0.3 is 9.73 Å². The highest BCUT2D eigenvalue weighted by atomic mass is 127. The van der Waals surface area contributed by atoms with Crippen LogP contribution < -0.4 is 5.32 Å². The Kier molecular flexibility index (Phi) is 3.68. The fourth-order valence-corrected chi connectivity index (χ4v) is 3.98. The number of nitrogens with zero attached hydrogens (tertiary/aromatic N) is 4. The average molecular weight is 451 g/mol. The van der Waals surface area contributed by atoms with E-state index < -0.39 is 5.54 Å². The van der Waals surface area contributed by atoms with E-state index in [1.165, 1.54) is 9.44 Å².